The molecule has 3 aromatic rings. The van der Waals surface area contributed by atoms with Crippen molar-refractivity contribution in [3.05, 3.63) is 76.2 Å². The summed E-state index contributed by atoms with van der Waals surface area (Å²) in [6.07, 6.45) is -5.35. The van der Waals surface area contributed by atoms with E-state index in [0.717, 1.165) is 36.5 Å². The molecule has 1 aromatic carbocycles. The number of aliphatic carboxylic acids is 1. The van der Waals surface area contributed by atoms with Crippen LogP contribution in [0.5, 0.6) is 0 Å². The van der Waals surface area contributed by atoms with E-state index in [1.807, 2.05) is 12.1 Å². The van der Waals surface area contributed by atoms with Gasteiger partial charge in [0, 0.05) is 37.9 Å². The molecule has 0 aliphatic carbocycles. The Morgan fingerprint density at radius 3 is 2.39 bits per heavy atom. The molecule has 2 aromatic heterocycles. The van der Waals surface area contributed by atoms with Crippen LogP contribution in [-0.2, 0) is 52.3 Å². The predicted molar refractivity (Wildman–Crippen MR) is 143 cm³/mol. The van der Waals surface area contributed by atoms with Crippen LogP contribution >= 0.6 is 0 Å². The maximum atomic E-state index is 13.1. The van der Waals surface area contributed by atoms with Crippen LogP contribution in [0, 0.1) is 0 Å². The SMILES string of the molecule is O=C(NC[C@H](NS(=O)(=O)Cc1cc(C(F)(F)F)cc(C(F)(F)F)c1)C(=O)O)c1cnn(CCc2ccc3c(n2)NCCC3)c1. The number of aromatic nitrogens is 3. The van der Waals surface area contributed by atoms with Crippen LogP contribution in [0.1, 0.15) is 44.7 Å². The van der Waals surface area contributed by atoms with Gasteiger partial charge in [-0.1, -0.05) is 6.07 Å². The number of nitrogens with zero attached hydrogens (tertiary/aromatic N) is 3. The molecule has 0 unspecified atom stereocenters. The molecule has 1 amide bonds. The molecular formula is C26H26F6N6O5S. The minimum absolute atomic E-state index is 0.0284. The van der Waals surface area contributed by atoms with Gasteiger partial charge in [0.2, 0.25) is 10.0 Å². The molecule has 4 rings (SSSR count). The van der Waals surface area contributed by atoms with Crippen molar-refractivity contribution in [3.8, 4) is 0 Å². The Morgan fingerprint density at radius 1 is 1.07 bits per heavy atom. The number of anilines is 1. The molecule has 0 fully saturated rings. The van der Waals surface area contributed by atoms with E-state index < -0.39 is 69.3 Å². The number of carbonyl (C=O) groups excluding carboxylic acids is 1. The Balaban J connectivity index is 1.36. The summed E-state index contributed by atoms with van der Waals surface area (Å²) in [5.41, 5.74) is -2.36. The molecule has 44 heavy (non-hydrogen) atoms. The van der Waals surface area contributed by atoms with Crippen LogP contribution < -0.4 is 15.4 Å². The van der Waals surface area contributed by atoms with Crippen molar-refractivity contribution in [1.82, 2.24) is 24.8 Å². The van der Waals surface area contributed by atoms with E-state index in [1.165, 1.54) is 17.1 Å². The fourth-order valence-corrected chi connectivity index (χ4v) is 5.70. The first-order valence-electron chi connectivity index (χ1n) is 13.0. The van der Waals surface area contributed by atoms with Gasteiger partial charge in [0.1, 0.15) is 11.9 Å². The highest BCUT2D eigenvalue weighted by atomic mass is 32.2. The van der Waals surface area contributed by atoms with Crippen molar-refractivity contribution in [2.45, 2.75) is 50.0 Å². The molecule has 11 nitrogen and oxygen atoms in total. The molecule has 238 valence electrons. The lowest BCUT2D eigenvalue weighted by Crippen LogP contribution is -2.48. The van der Waals surface area contributed by atoms with Crippen molar-refractivity contribution in [2.75, 3.05) is 18.4 Å². The van der Waals surface area contributed by atoms with Gasteiger partial charge >= 0.3 is 18.3 Å². The number of sulfonamides is 1. The number of carboxylic acid groups (broad SMARTS) is 1. The van der Waals surface area contributed by atoms with Gasteiger partial charge in [0.15, 0.2) is 0 Å². The number of rotatable bonds is 11. The van der Waals surface area contributed by atoms with Gasteiger partial charge in [-0.2, -0.15) is 36.2 Å². The molecule has 0 radical (unpaired) electrons. The van der Waals surface area contributed by atoms with Crippen LogP contribution in [0.3, 0.4) is 0 Å². The molecule has 4 N–H and O–H groups in total. The molecule has 0 saturated carbocycles. The highest BCUT2D eigenvalue weighted by Gasteiger charge is 2.37. The smallest absolute Gasteiger partial charge is 0.416 e. The maximum Gasteiger partial charge on any atom is 0.416 e. The lowest BCUT2D eigenvalue weighted by Gasteiger charge is -2.17. The topological polar surface area (TPSA) is 155 Å². The number of aryl methyl sites for hydroxylation is 3. The minimum Gasteiger partial charge on any atom is -0.480 e. The molecule has 0 bridgehead atoms. The third kappa shape index (κ3) is 8.68. The summed E-state index contributed by atoms with van der Waals surface area (Å²) in [7, 11) is -4.80. The molecular weight excluding hydrogens is 622 g/mol. The van der Waals surface area contributed by atoms with Crippen LogP contribution in [-0.4, -0.2) is 59.3 Å². The van der Waals surface area contributed by atoms with Gasteiger partial charge in [-0.3, -0.25) is 14.3 Å². The Hall–Kier alpha value is -4.19. The van der Waals surface area contributed by atoms with Gasteiger partial charge < -0.3 is 15.7 Å². The second-order valence-electron chi connectivity index (χ2n) is 9.97. The number of halogens is 6. The van der Waals surface area contributed by atoms with Gasteiger partial charge in [-0.05, 0) is 48.2 Å². The summed E-state index contributed by atoms with van der Waals surface area (Å²) < 4.78 is 107. The molecule has 1 atom stereocenters. The largest absolute Gasteiger partial charge is 0.480 e. The van der Waals surface area contributed by atoms with Crippen LogP contribution in [0.15, 0.2) is 42.7 Å². The number of benzene rings is 1. The van der Waals surface area contributed by atoms with Crippen molar-refractivity contribution >= 4 is 27.7 Å². The molecule has 3 heterocycles. The molecule has 1 aliphatic heterocycles. The lowest BCUT2D eigenvalue weighted by molar-refractivity contribution is -0.143. The highest BCUT2D eigenvalue weighted by Crippen LogP contribution is 2.36. The molecule has 0 spiro atoms. The predicted octanol–water partition coefficient (Wildman–Crippen LogP) is 3.22. The Labute approximate surface area is 246 Å². The Kier molecular flexibility index (Phi) is 9.53. The third-order valence-electron chi connectivity index (χ3n) is 6.54. The van der Waals surface area contributed by atoms with E-state index in [1.54, 1.807) is 4.72 Å². The fourth-order valence-electron chi connectivity index (χ4n) is 4.40. The van der Waals surface area contributed by atoms with Gasteiger partial charge in [-0.25, -0.2) is 13.4 Å². The van der Waals surface area contributed by atoms with E-state index in [4.69, 9.17) is 0 Å². The summed E-state index contributed by atoms with van der Waals surface area (Å²) in [6.45, 7) is 0.410. The third-order valence-corrected chi connectivity index (χ3v) is 7.89. The number of pyridine rings is 1. The highest BCUT2D eigenvalue weighted by molar-refractivity contribution is 7.88. The van der Waals surface area contributed by atoms with Gasteiger partial charge in [-0.15, -0.1) is 0 Å². The number of amides is 1. The van der Waals surface area contributed by atoms with Gasteiger partial charge in [0.25, 0.3) is 5.91 Å². The van der Waals surface area contributed by atoms with Crippen molar-refractivity contribution in [1.29, 1.82) is 0 Å². The maximum absolute atomic E-state index is 13.1. The Morgan fingerprint density at radius 2 is 1.75 bits per heavy atom. The van der Waals surface area contributed by atoms with E-state index in [9.17, 15) is 49.5 Å². The first-order chi connectivity index (χ1) is 20.5. The zero-order valence-corrected chi connectivity index (χ0v) is 23.5. The quantitative estimate of drug-likeness (QED) is 0.231. The monoisotopic (exact) mass is 648 g/mol. The number of alkyl halides is 6. The normalized spacial score (nSPS) is 14.4. The summed E-state index contributed by atoms with van der Waals surface area (Å²) in [5, 5.41) is 19.0. The number of nitrogens with one attached hydrogen (secondary N) is 3. The number of fused-ring (bicyclic) bond motifs is 1. The number of carboxylic acids is 1. The average molecular weight is 649 g/mol. The summed E-state index contributed by atoms with van der Waals surface area (Å²) in [6, 6.07) is 2.20. The zero-order chi connectivity index (χ0) is 32.3. The van der Waals surface area contributed by atoms with Crippen molar-refractivity contribution < 1.29 is 49.5 Å². The van der Waals surface area contributed by atoms with E-state index in [0.29, 0.717) is 13.0 Å². The second-order valence-corrected chi connectivity index (χ2v) is 11.7. The number of hydrogen-bond acceptors (Lipinski definition) is 7. The van der Waals surface area contributed by atoms with Crippen molar-refractivity contribution in [3.63, 3.8) is 0 Å². The van der Waals surface area contributed by atoms with Gasteiger partial charge in [0.05, 0.1) is 28.6 Å². The lowest BCUT2D eigenvalue weighted by atomic mass is 10.1. The summed E-state index contributed by atoms with van der Waals surface area (Å²) in [5.74, 6) is -3.11. The standard InChI is InChI=1S/C26H26F6N6O5S/c27-25(28,29)18-8-15(9-19(10-18)26(30,31)32)14-44(42,43)37-21(24(40)41)12-34-23(39)17-11-35-38(13-17)7-5-20-4-3-16-2-1-6-33-22(16)36-20/h3-4,8-11,13,21,37H,1-2,5-7,12,14H2,(H,33,36)(H,34,39)(H,40,41)/t21-/m0/s1. The van der Waals surface area contributed by atoms with E-state index in [2.05, 4.69) is 20.7 Å². The fraction of sp³-hybridized carbons (Fsp3) is 0.385. The Bertz CT molecular complexity index is 1610. The van der Waals surface area contributed by atoms with E-state index in [-0.39, 0.29) is 23.8 Å². The zero-order valence-electron chi connectivity index (χ0n) is 22.7. The molecule has 0 saturated heterocycles. The second kappa shape index (κ2) is 12.8. The number of carbonyl (C=O) groups is 2. The summed E-state index contributed by atoms with van der Waals surface area (Å²) in [4.78, 5) is 28.8. The van der Waals surface area contributed by atoms with E-state index >= 15 is 0 Å². The average Bonchev–Trinajstić information content (AvgIpc) is 3.41. The number of hydrogen-bond donors (Lipinski definition) is 4. The first-order valence-corrected chi connectivity index (χ1v) is 14.7. The van der Waals surface area contributed by atoms with Crippen LogP contribution in [0.2, 0.25) is 0 Å². The molecule has 18 heteroatoms. The van der Waals surface area contributed by atoms with Crippen LogP contribution in [0.4, 0.5) is 32.2 Å². The van der Waals surface area contributed by atoms with Crippen LogP contribution in [0.25, 0.3) is 0 Å². The molecule has 1 aliphatic rings. The first kappa shape index (κ1) is 32.7. The van der Waals surface area contributed by atoms with Crippen molar-refractivity contribution in [2.24, 2.45) is 0 Å². The summed E-state index contributed by atoms with van der Waals surface area (Å²) >= 11 is 0. The minimum atomic E-state index is -5.20.